The summed E-state index contributed by atoms with van der Waals surface area (Å²) in [7, 11) is 3.20. The van der Waals surface area contributed by atoms with Crippen LogP contribution >= 0.6 is 11.3 Å². The zero-order chi connectivity index (χ0) is 23.5. The third-order valence-corrected chi connectivity index (χ3v) is 6.37. The Morgan fingerprint density at radius 3 is 2.47 bits per heavy atom. The molecular weight excluding hydrogens is 453 g/mol. The third-order valence-electron chi connectivity index (χ3n) is 5.40. The Hall–Kier alpha value is -3.91. The molecule has 0 fully saturated rings. The molecule has 0 aliphatic carbocycles. The van der Waals surface area contributed by atoms with Crippen LogP contribution in [-0.4, -0.2) is 30.7 Å². The molecule has 0 aliphatic rings. The maximum absolute atomic E-state index is 13.1. The molecule has 5 aromatic rings. The van der Waals surface area contributed by atoms with Gasteiger partial charge in [-0.15, -0.1) is 0 Å². The monoisotopic (exact) mass is 475 g/mol. The molecule has 34 heavy (non-hydrogen) atoms. The Kier molecular flexibility index (Phi) is 6.14. The Morgan fingerprint density at radius 1 is 0.882 bits per heavy atom. The van der Waals surface area contributed by atoms with E-state index < -0.39 is 0 Å². The Labute approximate surface area is 200 Å². The second-order valence-corrected chi connectivity index (χ2v) is 8.62. The van der Waals surface area contributed by atoms with Crippen LogP contribution < -0.4 is 19.5 Å². The number of anilines is 1. The molecule has 1 N–H and O–H groups in total. The van der Waals surface area contributed by atoms with Gasteiger partial charge in [-0.2, -0.15) is 0 Å². The van der Waals surface area contributed by atoms with Crippen LogP contribution in [0.5, 0.6) is 23.0 Å². The van der Waals surface area contributed by atoms with Crippen molar-refractivity contribution in [2.45, 2.75) is 6.42 Å². The highest BCUT2D eigenvalue weighted by Gasteiger charge is 2.12. The fourth-order valence-electron chi connectivity index (χ4n) is 3.67. The molecule has 0 unspecified atom stereocenters. The molecule has 0 bridgehead atoms. The molecule has 5 rings (SSSR count). The van der Waals surface area contributed by atoms with E-state index >= 15 is 0 Å². The summed E-state index contributed by atoms with van der Waals surface area (Å²) >= 11 is 1.56. The lowest BCUT2D eigenvalue weighted by Crippen LogP contribution is -2.04. The molecule has 8 heteroatoms. The number of fused-ring (bicyclic) bond motifs is 2. The molecule has 2 heterocycles. The van der Waals surface area contributed by atoms with Gasteiger partial charge in [0.25, 0.3) is 0 Å². The van der Waals surface area contributed by atoms with Gasteiger partial charge in [0.1, 0.15) is 17.3 Å². The van der Waals surface area contributed by atoms with Crippen molar-refractivity contribution in [3.63, 3.8) is 0 Å². The molecule has 0 saturated heterocycles. The summed E-state index contributed by atoms with van der Waals surface area (Å²) in [5, 5.41) is 5.01. The lowest BCUT2D eigenvalue weighted by molar-refractivity contribution is 0.355. The predicted molar refractivity (Wildman–Crippen MR) is 133 cm³/mol. The van der Waals surface area contributed by atoms with E-state index in [1.807, 2.05) is 36.4 Å². The summed E-state index contributed by atoms with van der Waals surface area (Å²) in [6.45, 7) is 0.711. The quantitative estimate of drug-likeness (QED) is 0.278. The summed E-state index contributed by atoms with van der Waals surface area (Å²) in [6, 6.07) is 17.9. The van der Waals surface area contributed by atoms with Crippen LogP contribution in [0.2, 0.25) is 0 Å². The molecule has 0 atom stereocenters. The van der Waals surface area contributed by atoms with E-state index in [1.54, 1.807) is 43.9 Å². The van der Waals surface area contributed by atoms with Gasteiger partial charge in [0, 0.05) is 30.3 Å². The molecule has 0 aliphatic heterocycles. The highest BCUT2D eigenvalue weighted by molar-refractivity contribution is 7.22. The zero-order valence-corrected chi connectivity index (χ0v) is 19.5. The van der Waals surface area contributed by atoms with Gasteiger partial charge in [0.15, 0.2) is 16.6 Å². The van der Waals surface area contributed by atoms with E-state index in [0.29, 0.717) is 29.5 Å². The molecule has 172 valence electrons. The van der Waals surface area contributed by atoms with Gasteiger partial charge in [-0.3, -0.25) is 4.98 Å². The van der Waals surface area contributed by atoms with E-state index in [2.05, 4.69) is 15.3 Å². The van der Waals surface area contributed by atoms with E-state index in [-0.39, 0.29) is 5.82 Å². The van der Waals surface area contributed by atoms with E-state index in [4.69, 9.17) is 14.2 Å². The minimum Gasteiger partial charge on any atom is -0.493 e. The van der Waals surface area contributed by atoms with Gasteiger partial charge in [0.05, 0.1) is 30.0 Å². The highest BCUT2D eigenvalue weighted by atomic mass is 32.1. The van der Waals surface area contributed by atoms with Crippen molar-refractivity contribution in [3.05, 3.63) is 78.2 Å². The van der Waals surface area contributed by atoms with Crippen LogP contribution in [0.15, 0.2) is 66.9 Å². The van der Waals surface area contributed by atoms with Crippen LogP contribution in [-0.2, 0) is 6.42 Å². The van der Waals surface area contributed by atoms with E-state index in [1.165, 1.54) is 12.1 Å². The number of methoxy groups -OCH3 is 2. The number of nitrogens with zero attached hydrogens (tertiary/aromatic N) is 2. The van der Waals surface area contributed by atoms with Crippen LogP contribution in [0.1, 0.15) is 5.56 Å². The number of hydrogen-bond acceptors (Lipinski definition) is 7. The molecule has 0 saturated carbocycles. The largest absolute Gasteiger partial charge is 0.493 e. The van der Waals surface area contributed by atoms with Crippen molar-refractivity contribution in [1.29, 1.82) is 0 Å². The van der Waals surface area contributed by atoms with Crippen molar-refractivity contribution in [3.8, 4) is 23.0 Å². The molecule has 3 aromatic carbocycles. The Bertz CT molecular complexity index is 1450. The van der Waals surface area contributed by atoms with Crippen molar-refractivity contribution in [2.24, 2.45) is 0 Å². The van der Waals surface area contributed by atoms with E-state index in [9.17, 15) is 4.39 Å². The van der Waals surface area contributed by atoms with Gasteiger partial charge < -0.3 is 19.5 Å². The SMILES string of the molecule is COc1cc2nccc(Oc3ccc4nc(NCCc5ccc(F)cc5)sc4c3)c2cc1OC. The Balaban J connectivity index is 1.33. The van der Waals surface area contributed by atoms with Crippen molar-refractivity contribution in [1.82, 2.24) is 9.97 Å². The summed E-state index contributed by atoms with van der Waals surface area (Å²) in [6.07, 6.45) is 2.49. The maximum atomic E-state index is 13.1. The average Bonchev–Trinajstić information content (AvgIpc) is 3.26. The number of ether oxygens (including phenoxy) is 3. The van der Waals surface area contributed by atoms with Crippen LogP contribution in [0, 0.1) is 5.82 Å². The number of thiazole rings is 1. The van der Waals surface area contributed by atoms with Gasteiger partial charge in [-0.05, 0) is 48.4 Å². The topological polar surface area (TPSA) is 65.5 Å². The van der Waals surface area contributed by atoms with Crippen molar-refractivity contribution < 1.29 is 18.6 Å². The van der Waals surface area contributed by atoms with Gasteiger partial charge in [-0.25, -0.2) is 9.37 Å². The molecule has 2 aromatic heterocycles. The van der Waals surface area contributed by atoms with Crippen LogP contribution in [0.3, 0.4) is 0 Å². The first-order valence-corrected chi connectivity index (χ1v) is 11.5. The average molecular weight is 476 g/mol. The second-order valence-electron chi connectivity index (χ2n) is 7.59. The molecule has 6 nitrogen and oxygen atoms in total. The summed E-state index contributed by atoms with van der Waals surface area (Å²) in [4.78, 5) is 9.07. The standard InChI is InChI=1S/C26H22FN3O3S/c1-31-23-14-19-21(15-24(23)32-2)28-12-10-22(19)33-18-7-8-20-25(13-18)34-26(30-20)29-11-9-16-3-5-17(27)6-4-16/h3-8,10,12-15H,9,11H2,1-2H3,(H,29,30). The number of halogens is 1. The van der Waals surface area contributed by atoms with Gasteiger partial charge in [0.2, 0.25) is 0 Å². The molecule has 0 spiro atoms. The Morgan fingerprint density at radius 2 is 1.68 bits per heavy atom. The number of benzene rings is 3. The number of pyridine rings is 1. The van der Waals surface area contributed by atoms with Gasteiger partial charge >= 0.3 is 0 Å². The summed E-state index contributed by atoms with van der Waals surface area (Å²) < 4.78 is 31.1. The molecular formula is C26H22FN3O3S. The smallest absolute Gasteiger partial charge is 0.183 e. The summed E-state index contributed by atoms with van der Waals surface area (Å²) in [5.41, 5.74) is 2.72. The summed E-state index contributed by atoms with van der Waals surface area (Å²) in [5.74, 6) is 2.38. The predicted octanol–water partition coefficient (Wildman–Crippen LogP) is 6.45. The first-order valence-electron chi connectivity index (χ1n) is 10.7. The highest BCUT2D eigenvalue weighted by Crippen LogP contribution is 2.38. The van der Waals surface area contributed by atoms with Gasteiger partial charge in [-0.1, -0.05) is 23.5 Å². The molecule has 0 amide bonds. The number of aromatic nitrogens is 2. The third kappa shape index (κ3) is 4.58. The first-order chi connectivity index (χ1) is 16.6. The number of hydrogen-bond donors (Lipinski definition) is 1. The minimum atomic E-state index is -0.223. The fraction of sp³-hybridized carbons (Fsp3) is 0.154. The first kappa shape index (κ1) is 21.9. The minimum absolute atomic E-state index is 0.223. The molecule has 0 radical (unpaired) electrons. The fourth-order valence-corrected chi connectivity index (χ4v) is 4.59. The normalized spacial score (nSPS) is 11.0. The zero-order valence-electron chi connectivity index (χ0n) is 18.7. The van der Waals surface area contributed by atoms with Crippen molar-refractivity contribution in [2.75, 3.05) is 26.1 Å². The lowest BCUT2D eigenvalue weighted by atomic mass is 10.1. The number of nitrogens with one attached hydrogen (secondary N) is 1. The lowest BCUT2D eigenvalue weighted by Gasteiger charge is -2.12. The second kappa shape index (κ2) is 9.52. The van der Waals surface area contributed by atoms with E-state index in [0.717, 1.165) is 38.2 Å². The van der Waals surface area contributed by atoms with Crippen molar-refractivity contribution >= 4 is 37.6 Å². The number of rotatable bonds is 8. The van der Waals surface area contributed by atoms with Crippen LogP contribution in [0.25, 0.3) is 21.1 Å². The van der Waals surface area contributed by atoms with Crippen LogP contribution in [0.4, 0.5) is 9.52 Å². The maximum Gasteiger partial charge on any atom is 0.183 e.